The minimum Gasteiger partial charge on any atom is -0.240 e. The van der Waals surface area contributed by atoms with E-state index in [9.17, 15) is 0 Å². The molecule has 74 valence electrons. The summed E-state index contributed by atoms with van der Waals surface area (Å²) in [6, 6.07) is 0. The van der Waals surface area contributed by atoms with Gasteiger partial charge in [0.1, 0.15) is 12.7 Å². The second-order valence-corrected chi connectivity index (χ2v) is 4.76. The van der Waals surface area contributed by atoms with Crippen LogP contribution in [-0.2, 0) is 0 Å². The number of nitrogens with zero attached hydrogens (tertiary/aromatic N) is 5. The van der Waals surface area contributed by atoms with E-state index in [-0.39, 0.29) is 0 Å². The molecule has 15 heavy (non-hydrogen) atoms. The lowest BCUT2D eigenvalue weighted by atomic mass is 10.7. The third kappa shape index (κ3) is 2.19. The van der Waals surface area contributed by atoms with Gasteiger partial charge in [-0.05, 0) is 0 Å². The molecule has 5 nitrogen and oxygen atoms in total. The molecule has 0 aliphatic heterocycles. The van der Waals surface area contributed by atoms with Crippen LogP contribution in [-0.4, -0.2) is 27.0 Å². The van der Waals surface area contributed by atoms with Gasteiger partial charge in [-0.3, -0.25) is 0 Å². The third-order valence-electron chi connectivity index (χ3n) is 1.78. The molecule has 6 heteroatoms. The molecule has 0 saturated heterocycles. The van der Waals surface area contributed by atoms with Crippen LogP contribution in [0.15, 0.2) is 42.2 Å². The zero-order valence-electron chi connectivity index (χ0n) is 8.15. The van der Waals surface area contributed by atoms with Gasteiger partial charge in [0.25, 0.3) is 7.71 Å². The van der Waals surface area contributed by atoms with E-state index in [2.05, 4.69) is 24.7 Å². The molecule has 2 aromatic rings. The molecule has 0 aliphatic carbocycles. The maximum Gasteiger partial charge on any atom is 0.282 e. The fourth-order valence-corrected chi connectivity index (χ4v) is 2.65. The van der Waals surface area contributed by atoms with Crippen molar-refractivity contribution in [3.05, 3.63) is 37.4 Å². The van der Waals surface area contributed by atoms with Crippen LogP contribution in [0.25, 0.3) is 0 Å². The van der Waals surface area contributed by atoms with E-state index in [1.807, 2.05) is 0 Å². The largest absolute Gasteiger partial charge is 0.282 e. The van der Waals surface area contributed by atoms with Crippen LogP contribution >= 0.6 is 7.71 Å². The lowest BCUT2D eigenvalue weighted by Gasteiger charge is -1.90. The number of aromatic nitrogens is 4. The van der Waals surface area contributed by atoms with Crippen molar-refractivity contribution < 1.29 is 0 Å². The van der Waals surface area contributed by atoms with Crippen molar-refractivity contribution in [3.8, 4) is 0 Å². The van der Waals surface area contributed by atoms with Crippen LogP contribution in [0.5, 0.6) is 0 Å². The molecule has 0 aliphatic rings. The van der Waals surface area contributed by atoms with Gasteiger partial charge in [0, 0.05) is 0 Å². The van der Waals surface area contributed by atoms with Crippen LogP contribution in [0.3, 0.4) is 0 Å². The average molecular weight is 218 g/mol. The van der Waals surface area contributed by atoms with Crippen LogP contribution in [0.2, 0.25) is 0 Å². The molecular formula is C9H9N5P+. The summed E-state index contributed by atoms with van der Waals surface area (Å²) in [4.78, 5) is 15.9. The highest BCUT2D eigenvalue weighted by molar-refractivity contribution is 7.63. The van der Waals surface area contributed by atoms with Gasteiger partial charge in [-0.15, -0.1) is 4.74 Å². The Morgan fingerprint density at radius 3 is 1.60 bits per heavy atom. The van der Waals surface area contributed by atoms with Gasteiger partial charge in [0.2, 0.25) is 10.6 Å². The topological polar surface area (TPSA) is 63.9 Å². The SMILES string of the molecule is CN=[P+](c1cncnc1)c1cncnc1. The Labute approximate surface area is 88.1 Å². The molecule has 0 aromatic carbocycles. The van der Waals surface area contributed by atoms with Crippen molar-refractivity contribution in [1.82, 2.24) is 19.9 Å². The lowest BCUT2D eigenvalue weighted by Crippen LogP contribution is -2.09. The van der Waals surface area contributed by atoms with E-state index in [4.69, 9.17) is 0 Å². The minimum atomic E-state index is -0.774. The highest BCUT2D eigenvalue weighted by Crippen LogP contribution is 2.20. The molecule has 0 spiro atoms. The Balaban J connectivity index is 2.44. The fourth-order valence-electron chi connectivity index (χ4n) is 1.18. The summed E-state index contributed by atoms with van der Waals surface area (Å²) in [5, 5.41) is 2.01. The fraction of sp³-hybridized carbons (Fsp3) is 0.111. The Bertz CT molecular complexity index is 415. The molecule has 0 atom stereocenters. The maximum atomic E-state index is 4.33. The van der Waals surface area contributed by atoms with Crippen LogP contribution in [0.1, 0.15) is 0 Å². The smallest absolute Gasteiger partial charge is 0.240 e. The predicted octanol–water partition coefficient (Wildman–Crippen LogP) is 0.513. The first kappa shape index (κ1) is 9.80. The Morgan fingerprint density at radius 1 is 0.867 bits per heavy atom. The van der Waals surface area contributed by atoms with E-state index in [1.54, 1.807) is 31.8 Å². The van der Waals surface area contributed by atoms with Gasteiger partial charge in [0.05, 0.1) is 31.8 Å². The normalized spacial score (nSPS) is 9.67. The standard InChI is InChI=1S/C9H9N5P/c1-10-15(8-2-11-6-12-3-8)9-4-13-7-14-5-9/h2-7H,1H3/q+1. The summed E-state index contributed by atoms with van der Waals surface area (Å²) in [5.74, 6) is 0. The molecule has 0 radical (unpaired) electrons. The second kappa shape index (κ2) is 4.66. The van der Waals surface area contributed by atoms with E-state index in [0.29, 0.717) is 0 Å². The van der Waals surface area contributed by atoms with E-state index in [1.165, 1.54) is 12.7 Å². The minimum absolute atomic E-state index is 0.774. The molecule has 0 N–H and O–H groups in total. The second-order valence-electron chi connectivity index (χ2n) is 2.71. The van der Waals surface area contributed by atoms with Crippen molar-refractivity contribution in [3.63, 3.8) is 0 Å². The molecule has 2 aromatic heterocycles. The van der Waals surface area contributed by atoms with E-state index in [0.717, 1.165) is 10.6 Å². The third-order valence-corrected chi connectivity index (χ3v) is 3.62. The number of hydrogen-bond acceptors (Lipinski definition) is 5. The van der Waals surface area contributed by atoms with Crippen molar-refractivity contribution >= 4 is 18.3 Å². The summed E-state index contributed by atoms with van der Waals surface area (Å²) >= 11 is 0. The van der Waals surface area contributed by atoms with Crippen molar-refractivity contribution in [1.29, 1.82) is 0 Å². The molecular weight excluding hydrogens is 209 g/mol. The molecule has 0 amide bonds. The predicted molar refractivity (Wildman–Crippen MR) is 58.6 cm³/mol. The zero-order valence-corrected chi connectivity index (χ0v) is 9.04. The van der Waals surface area contributed by atoms with Gasteiger partial charge >= 0.3 is 0 Å². The van der Waals surface area contributed by atoms with Gasteiger partial charge in [0.15, 0.2) is 0 Å². The molecule has 2 rings (SSSR count). The van der Waals surface area contributed by atoms with Crippen molar-refractivity contribution in [2.45, 2.75) is 0 Å². The first-order valence-electron chi connectivity index (χ1n) is 4.31. The highest BCUT2D eigenvalue weighted by Gasteiger charge is 2.20. The first-order chi connectivity index (χ1) is 7.42. The Morgan fingerprint density at radius 2 is 1.27 bits per heavy atom. The average Bonchev–Trinajstić information content (AvgIpc) is 2.33. The summed E-state index contributed by atoms with van der Waals surface area (Å²) in [6.45, 7) is 0. The van der Waals surface area contributed by atoms with Crippen LogP contribution in [0, 0.1) is 0 Å². The summed E-state index contributed by atoms with van der Waals surface area (Å²) in [6.07, 6.45) is 10.1. The molecule has 0 unspecified atom stereocenters. The molecule has 0 fully saturated rings. The Kier molecular flexibility index (Phi) is 3.05. The van der Waals surface area contributed by atoms with Gasteiger partial charge in [-0.2, -0.15) is 0 Å². The van der Waals surface area contributed by atoms with E-state index >= 15 is 0 Å². The van der Waals surface area contributed by atoms with Gasteiger partial charge in [-0.1, -0.05) is 0 Å². The highest BCUT2D eigenvalue weighted by atomic mass is 31.1. The number of hydrogen-bond donors (Lipinski definition) is 0. The number of rotatable bonds is 2. The summed E-state index contributed by atoms with van der Waals surface area (Å²) < 4.78 is 4.33. The lowest BCUT2D eigenvalue weighted by molar-refractivity contribution is 1.18. The van der Waals surface area contributed by atoms with Crippen LogP contribution in [0.4, 0.5) is 0 Å². The van der Waals surface area contributed by atoms with Crippen molar-refractivity contribution in [2.24, 2.45) is 4.74 Å². The summed E-state index contributed by atoms with van der Waals surface area (Å²) in [5.41, 5.74) is 0. The summed E-state index contributed by atoms with van der Waals surface area (Å²) in [7, 11) is 1.01. The zero-order chi connectivity index (χ0) is 10.5. The van der Waals surface area contributed by atoms with Gasteiger partial charge in [-0.25, -0.2) is 19.9 Å². The Hall–Kier alpha value is -1.74. The van der Waals surface area contributed by atoms with E-state index < -0.39 is 7.71 Å². The van der Waals surface area contributed by atoms with Crippen LogP contribution < -0.4 is 10.6 Å². The molecule has 0 bridgehead atoms. The molecule has 0 saturated carbocycles. The monoisotopic (exact) mass is 218 g/mol. The first-order valence-corrected chi connectivity index (χ1v) is 5.61. The molecule has 2 heterocycles. The maximum absolute atomic E-state index is 4.33. The van der Waals surface area contributed by atoms with Crippen molar-refractivity contribution in [2.75, 3.05) is 7.05 Å². The quantitative estimate of drug-likeness (QED) is 0.689. The van der Waals surface area contributed by atoms with Gasteiger partial charge < -0.3 is 0 Å².